The summed E-state index contributed by atoms with van der Waals surface area (Å²) in [6.45, 7) is 0. The highest BCUT2D eigenvalue weighted by Gasteiger charge is 2.31. The van der Waals surface area contributed by atoms with Crippen LogP contribution in [0.3, 0.4) is 0 Å². The molecule has 0 N–H and O–H groups in total. The molecule has 4 aromatic heterocycles. The molecule has 0 amide bonds. The molecular weight excluding hydrogens is 534 g/mol. The average Bonchev–Trinajstić information content (AvgIpc) is 2.94. The maximum Gasteiger partial charge on any atom is 0.417 e. The SMILES string of the molecule is N#C/C(=C\c1ccc(-c2ccc(/C=C(/C#N)c3ccc(C(F)(F)F)cn3)cn2)nc1)c1ccc(C(F)(F)F)cn1. The fourth-order valence-corrected chi connectivity index (χ4v) is 3.39. The first-order valence-electron chi connectivity index (χ1n) is 11.2. The minimum absolute atomic E-state index is 0.0494. The van der Waals surface area contributed by atoms with Crippen LogP contribution in [0.4, 0.5) is 26.3 Å². The first kappa shape index (κ1) is 27.7. The number of pyridine rings is 4. The van der Waals surface area contributed by atoms with Crippen molar-refractivity contribution < 1.29 is 26.3 Å². The van der Waals surface area contributed by atoms with E-state index in [2.05, 4.69) is 19.9 Å². The number of nitriles is 2. The molecule has 0 aliphatic heterocycles. The highest BCUT2D eigenvalue weighted by atomic mass is 19.4. The maximum atomic E-state index is 12.8. The Morgan fingerprint density at radius 3 is 1.20 bits per heavy atom. The van der Waals surface area contributed by atoms with Crippen molar-refractivity contribution >= 4 is 23.3 Å². The van der Waals surface area contributed by atoms with Gasteiger partial charge in [0.25, 0.3) is 0 Å². The Morgan fingerprint density at radius 2 is 0.950 bits per heavy atom. The maximum absolute atomic E-state index is 12.8. The van der Waals surface area contributed by atoms with Crippen molar-refractivity contribution in [3.05, 3.63) is 107 Å². The molecule has 0 aromatic carbocycles. The van der Waals surface area contributed by atoms with Gasteiger partial charge in [-0.15, -0.1) is 0 Å². The lowest BCUT2D eigenvalue weighted by Gasteiger charge is -2.07. The topological polar surface area (TPSA) is 99.1 Å². The standard InChI is InChI=1S/C28H14F6N6/c29-27(30,31)21-3-7-23(39-15-21)19(11-35)9-17-1-5-25(37-13-17)26-6-2-18(14-38-26)10-20(12-36)24-8-4-22(16-40-24)28(32,33)34/h1-10,13-16H/b19-9-,20-10+. The number of rotatable bonds is 5. The summed E-state index contributed by atoms with van der Waals surface area (Å²) < 4.78 is 76.5. The van der Waals surface area contributed by atoms with Crippen LogP contribution in [0.15, 0.2) is 73.3 Å². The van der Waals surface area contributed by atoms with Crippen LogP contribution < -0.4 is 0 Å². The lowest BCUT2D eigenvalue weighted by atomic mass is 10.1. The molecule has 0 unspecified atom stereocenters. The van der Waals surface area contributed by atoms with E-state index in [1.807, 2.05) is 12.1 Å². The van der Waals surface area contributed by atoms with Crippen LogP contribution in [-0.2, 0) is 12.4 Å². The van der Waals surface area contributed by atoms with Crippen molar-refractivity contribution in [3.63, 3.8) is 0 Å². The second-order valence-corrected chi connectivity index (χ2v) is 8.15. The van der Waals surface area contributed by atoms with E-state index in [4.69, 9.17) is 0 Å². The summed E-state index contributed by atoms with van der Waals surface area (Å²) in [5.41, 5.74) is 0.367. The Balaban J connectivity index is 1.50. The van der Waals surface area contributed by atoms with Gasteiger partial charge in [-0.05, 0) is 59.7 Å². The summed E-state index contributed by atoms with van der Waals surface area (Å²) in [6.07, 6.45) is -1.97. The first-order valence-corrected chi connectivity index (χ1v) is 11.2. The van der Waals surface area contributed by atoms with Crippen molar-refractivity contribution in [1.82, 2.24) is 19.9 Å². The molecule has 0 bridgehead atoms. The highest BCUT2D eigenvalue weighted by molar-refractivity contribution is 5.89. The summed E-state index contributed by atoms with van der Waals surface area (Å²) in [6, 6.07) is 14.3. The third kappa shape index (κ3) is 6.55. The number of hydrogen-bond donors (Lipinski definition) is 0. The summed E-state index contributed by atoms with van der Waals surface area (Å²) in [7, 11) is 0. The molecule has 0 spiro atoms. The van der Waals surface area contributed by atoms with Gasteiger partial charge in [-0.2, -0.15) is 36.9 Å². The molecule has 0 saturated carbocycles. The third-order valence-corrected chi connectivity index (χ3v) is 5.43. The monoisotopic (exact) mass is 548 g/mol. The quantitative estimate of drug-likeness (QED) is 0.195. The van der Waals surface area contributed by atoms with Crippen molar-refractivity contribution in [1.29, 1.82) is 10.5 Å². The zero-order chi connectivity index (χ0) is 28.9. The van der Waals surface area contributed by atoms with Gasteiger partial charge in [0.1, 0.15) is 12.1 Å². The summed E-state index contributed by atoms with van der Waals surface area (Å²) >= 11 is 0. The largest absolute Gasteiger partial charge is 0.417 e. The molecule has 4 rings (SSSR count). The van der Waals surface area contributed by atoms with E-state index < -0.39 is 23.5 Å². The molecule has 0 aliphatic carbocycles. The molecule has 0 atom stereocenters. The van der Waals surface area contributed by atoms with Gasteiger partial charge in [0.2, 0.25) is 0 Å². The molecule has 0 aliphatic rings. The molecule has 40 heavy (non-hydrogen) atoms. The van der Waals surface area contributed by atoms with Gasteiger partial charge < -0.3 is 0 Å². The number of nitrogens with zero attached hydrogens (tertiary/aromatic N) is 6. The Morgan fingerprint density at radius 1 is 0.550 bits per heavy atom. The predicted octanol–water partition coefficient (Wildman–Crippen LogP) is 7.10. The van der Waals surface area contributed by atoms with Crippen LogP contribution in [-0.4, -0.2) is 19.9 Å². The van der Waals surface area contributed by atoms with Crippen molar-refractivity contribution in [2.75, 3.05) is 0 Å². The van der Waals surface area contributed by atoms with Crippen LogP contribution >= 0.6 is 0 Å². The molecule has 0 radical (unpaired) electrons. The molecule has 0 saturated heterocycles. The average molecular weight is 548 g/mol. The molecule has 0 fully saturated rings. The normalized spacial score (nSPS) is 12.5. The van der Waals surface area contributed by atoms with Crippen LogP contribution in [0.1, 0.15) is 33.6 Å². The summed E-state index contributed by atoms with van der Waals surface area (Å²) in [5.74, 6) is 0. The Hall–Kier alpha value is -5.36. The van der Waals surface area contributed by atoms with Gasteiger partial charge in [0.05, 0.1) is 45.0 Å². The molecule has 198 valence electrons. The fraction of sp³-hybridized carbons (Fsp3) is 0.0714. The predicted molar refractivity (Wildman–Crippen MR) is 133 cm³/mol. The lowest BCUT2D eigenvalue weighted by Crippen LogP contribution is -2.05. The number of aromatic nitrogens is 4. The van der Waals surface area contributed by atoms with Crippen molar-refractivity contribution in [2.45, 2.75) is 12.4 Å². The van der Waals surface area contributed by atoms with E-state index in [1.54, 1.807) is 24.3 Å². The first-order chi connectivity index (χ1) is 19.0. The smallest absolute Gasteiger partial charge is 0.255 e. The summed E-state index contributed by atoms with van der Waals surface area (Å²) in [5, 5.41) is 18.9. The van der Waals surface area contributed by atoms with Gasteiger partial charge >= 0.3 is 12.4 Å². The third-order valence-electron chi connectivity index (χ3n) is 5.43. The molecule has 12 heteroatoms. The van der Waals surface area contributed by atoms with E-state index in [9.17, 15) is 36.9 Å². The van der Waals surface area contributed by atoms with Crippen LogP contribution in [0.25, 0.3) is 34.7 Å². The molecule has 4 aromatic rings. The van der Waals surface area contributed by atoms with Crippen molar-refractivity contribution in [3.8, 4) is 23.5 Å². The Bertz CT molecular complexity index is 1510. The van der Waals surface area contributed by atoms with Crippen LogP contribution in [0, 0.1) is 22.7 Å². The number of halogens is 6. The zero-order valence-electron chi connectivity index (χ0n) is 20.0. The lowest BCUT2D eigenvalue weighted by molar-refractivity contribution is -0.138. The minimum Gasteiger partial charge on any atom is -0.255 e. The zero-order valence-corrected chi connectivity index (χ0v) is 20.0. The number of allylic oxidation sites excluding steroid dienone is 2. The molecule has 6 nitrogen and oxygen atoms in total. The van der Waals surface area contributed by atoms with Gasteiger partial charge in [-0.1, -0.05) is 12.1 Å². The van der Waals surface area contributed by atoms with Gasteiger partial charge in [-0.25, -0.2) is 0 Å². The minimum atomic E-state index is -4.54. The van der Waals surface area contributed by atoms with Gasteiger partial charge in [-0.3, -0.25) is 19.9 Å². The molecular formula is C28H14F6N6. The Kier molecular flexibility index (Phi) is 7.73. The van der Waals surface area contributed by atoms with Crippen molar-refractivity contribution in [2.24, 2.45) is 0 Å². The number of hydrogen-bond acceptors (Lipinski definition) is 6. The second-order valence-electron chi connectivity index (χ2n) is 8.15. The van der Waals surface area contributed by atoms with E-state index in [1.165, 1.54) is 24.5 Å². The number of alkyl halides is 6. The van der Waals surface area contributed by atoms with E-state index in [0.717, 1.165) is 24.3 Å². The van der Waals surface area contributed by atoms with E-state index in [0.29, 0.717) is 34.9 Å². The van der Waals surface area contributed by atoms with E-state index >= 15 is 0 Å². The fourth-order valence-electron chi connectivity index (χ4n) is 3.39. The highest BCUT2D eigenvalue weighted by Crippen LogP contribution is 2.30. The van der Waals surface area contributed by atoms with E-state index in [-0.39, 0.29) is 22.5 Å². The van der Waals surface area contributed by atoms with Gasteiger partial charge in [0, 0.05) is 24.8 Å². The van der Waals surface area contributed by atoms with Crippen LogP contribution in [0.5, 0.6) is 0 Å². The van der Waals surface area contributed by atoms with Gasteiger partial charge in [0.15, 0.2) is 0 Å². The summed E-state index contributed by atoms with van der Waals surface area (Å²) in [4.78, 5) is 16.1. The second kappa shape index (κ2) is 11.2. The molecule has 4 heterocycles. The van der Waals surface area contributed by atoms with Crippen LogP contribution in [0.2, 0.25) is 0 Å². The Labute approximate surface area is 223 Å².